The molecule has 0 fully saturated rings. The van der Waals surface area contributed by atoms with Crippen molar-refractivity contribution < 1.29 is 9.59 Å². The zero-order valence-electron chi connectivity index (χ0n) is 6.39. The topological polar surface area (TPSA) is 34.1 Å². The molecule has 2 nitrogen and oxygen atoms in total. The van der Waals surface area contributed by atoms with Gasteiger partial charge in [0.1, 0.15) is 0 Å². The first-order chi connectivity index (χ1) is 4.45. The van der Waals surface area contributed by atoms with Crippen LogP contribution in [0.15, 0.2) is 11.6 Å². The number of carbonyl (C=O) groups excluding carboxylic acids is 2. The van der Waals surface area contributed by atoms with Crippen molar-refractivity contribution in [1.29, 1.82) is 0 Å². The minimum atomic E-state index is -0.554. The van der Waals surface area contributed by atoms with Crippen molar-refractivity contribution in [3.8, 4) is 0 Å². The third-order valence-electron chi connectivity index (χ3n) is 1.73. The lowest BCUT2D eigenvalue weighted by Crippen LogP contribution is -2.22. The molecule has 0 amide bonds. The molecule has 0 saturated carbocycles. The normalized spacial score (nSPS) is 23.3. The number of hydrogen-bond donors (Lipinski definition) is 0. The summed E-state index contributed by atoms with van der Waals surface area (Å²) in [6, 6.07) is 0. The van der Waals surface area contributed by atoms with E-state index in [1.807, 2.05) is 0 Å². The van der Waals surface area contributed by atoms with Crippen molar-refractivity contribution in [2.24, 2.45) is 5.41 Å². The van der Waals surface area contributed by atoms with Gasteiger partial charge in [0.05, 0.1) is 5.41 Å². The van der Waals surface area contributed by atoms with Crippen LogP contribution in [0.3, 0.4) is 0 Å². The van der Waals surface area contributed by atoms with Crippen LogP contribution in [0.4, 0.5) is 0 Å². The minimum absolute atomic E-state index is 0.287. The SMILES string of the molecule is CC1=CC(C)(C)C(=O)C1=O. The van der Waals surface area contributed by atoms with Crippen LogP contribution in [0, 0.1) is 5.41 Å². The highest BCUT2D eigenvalue weighted by Crippen LogP contribution is 2.28. The van der Waals surface area contributed by atoms with E-state index in [1.54, 1.807) is 26.8 Å². The molecule has 0 spiro atoms. The molecule has 1 aliphatic carbocycles. The standard InChI is InChI=1S/C8H10O2/c1-5-4-8(2,3)7(10)6(5)9/h4H,1-3H3. The summed E-state index contributed by atoms with van der Waals surface area (Å²) < 4.78 is 0. The molecule has 0 bridgehead atoms. The van der Waals surface area contributed by atoms with Gasteiger partial charge >= 0.3 is 0 Å². The fourth-order valence-corrected chi connectivity index (χ4v) is 1.14. The summed E-state index contributed by atoms with van der Waals surface area (Å²) in [5.41, 5.74) is 0.0243. The molecular weight excluding hydrogens is 128 g/mol. The molecule has 0 unspecified atom stereocenters. The molecule has 0 saturated heterocycles. The van der Waals surface area contributed by atoms with Crippen LogP contribution < -0.4 is 0 Å². The molecule has 0 aromatic heterocycles. The van der Waals surface area contributed by atoms with Gasteiger partial charge < -0.3 is 0 Å². The van der Waals surface area contributed by atoms with Gasteiger partial charge in [-0.2, -0.15) is 0 Å². The molecule has 2 heteroatoms. The maximum atomic E-state index is 11.0. The maximum absolute atomic E-state index is 11.0. The second-order valence-corrected chi connectivity index (χ2v) is 3.21. The van der Waals surface area contributed by atoms with E-state index < -0.39 is 5.41 Å². The lowest BCUT2D eigenvalue weighted by molar-refractivity contribution is -0.136. The molecule has 0 N–H and O–H groups in total. The third kappa shape index (κ3) is 0.801. The molecule has 0 atom stereocenters. The molecular formula is C8H10O2. The van der Waals surface area contributed by atoms with E-state index in [4.69, 9.17) is 0 Å². The van der Waals surface area contributed by atoms with Crippen LogP contribution in [0.1, 0.15) is 20.8 Å². The van der Waals surface area contributed by atoms with Crippen molar-refractivity contribution in [1.82, 2.24) is 0 Å². The summed E-state index contributed by atoms with van der Waals surface area (Å²) in [5, 5.41) is 0. The zero-order chi connectivity index (χ0) is 7.94. The Morgan fingerprint density at radius 3 is 1.90 bits per heavy atom. The van der Waals surface area contributed by atoms with Gasteiger partial charge in [0.25, 0.3) is 0 Å². The third-order valence-corrected chi connectivity index (χ3v) is 1.73. The van der Waals surface area contributed by atoms with Gasteiger partial charge in [-0.05, 0) is 26.3 Å². The Morgan fingerprint density at radius 1 is 1.30 bits per heavy atom. The predicted octanol–water partition coefficient (Wildman–Crippen LogP) is 1.11. The summed E-state index contributed by atoms with van der Waals surface area (Å²) in [6.07, 6.45) is 1.72. The monoisotopic (exact) mass is 138 g/mol. The summed E-state index contributed by atoms with van der Waals surface area (Å²) in [5.74, 6) is -0.616. The Bertz CT molecular complexity index is 234. The van der Waals surface area contributed by atoms with Crippen molar-refractivity contribution in [3.05, 3.63) is 11.6 Å². The number of hydrogen-bond acceptors (Lipinski definition) is 2. The van der Waals surface area contributed by atoms with E-state index in [1.165, 1.54) is 0 Å². The Kier molecular flexibility index (Phi) is 1.28. The molecule has 0 radical (unpaired) electrons. The van der Waals surface area contributed by atoms with Gasteiger partial charge in [-0.25, -0.2) is 0 Å². The van der Waals surface area contributed by atoms with Gasteiger partial charge in [-0.3, -0.25) is 9.59 Å². The van der Waals surface area contributed by atoms with Crippen LogP contribution in [-0.2, 0) is 9.59 Å². The summed E-state index contributed by atoms with van der Waals surface area (Å²) in [6.45, 7) is 5.18. The van der Waals surface area contributed by atoms with E-state index in [9.17, 15) is 9.59 Å². The van der Waals surface area contributed by atoms with E-state index in [0.717, 1.165) is 0 Å². The van der Waals surface area contributed by atoms with Crippen LogP contribution in [-0.4, -0.2) is 11.6 Å². The molecule has 0 aromatic carbocycles. The summed E-state index contributed by atoms with van der Waals surface area (Å²) >= 11 is 0. The number of allylic oxidation sites excluding steroid dienone is 2. The largest absolute Gasteiger partial charge is 0.290 e. The minimum Gasteiger partial charge on any atom is -0.290 e. The molecule has 1 rings (SSSR count). The second-order valence-electron chi connectivity index (χ2n) is 3.21. The number of rotatable bonds is 0. The molecule has 0 aromatic rings. The predicted molar refractivity (Wildman–Crippen MR) is 37.6 cm³/mol. The molecule has 10 heavy (non-hydrogen) atoms. The first-order valence-corrected chi connectivity index (χ1v) is 3.24. The van der Waals surface area contributed by atoms with Gasteiger partial charge in [-0.1, -0.05) is 6.08 Å². The first kappa shape index (κ1) is 7.19. The second kappa shape index (κ2) is 1.78. The van der Waals surface area contributed by atoms with Crippen molar-refractivity contribution >= 4 is 11.6 Å². The number of ketones is 2. The van der Waals surface area contributed by atoms with Crippen LogP contribution in [0.5, 0.6) is 0 Å². The lowest BCUT2D eigenvalue weighted by atomic mass is 9.92. The van der Waals surface area contributed by atoms with E-state index in [-0.39, 0.29) is 11.6 Å². The van der Waals surface area contributed by atoms with E-state index in [0.29, 0.717) is 5.57 Å². The zero-order valence-corrected chi connectivity index (χ0v) is 6.39. The van der Waals surface area contributed by atoms with Crippen molar-refractivity contribution in [3.63, 3.8) is 0 Å². The molecule has 0 heterocycles. The first-order valence-electron chi connectivity index (χ1n) is 3.24. The molecule has 1 aliphatic rings. The Morgan fingerprint density at radius 2 is 1.80 bits per heavy atom. The van der Waals surface area contributed by atoms with Gasteiger partial charge in [0.2, 0.25) is 11.6 Å². The average molecular weight is 138 g/mol. The smallest absolute Gasteiger partial charge is 0.224 e. The van der Waals surface area contributed by atoms with E-state index in [2.05, 4.69) is 0 Å². The van der Waals surface area contributed by atoms with Crippen LogP contribution in [0.2, 0.25) is 0 Å². The Hall–Kier alpha value is -0.920. The van der Waals surface area contributed by atoms with Crippen molar-refractivity contribution in [2.75, 3.05) is 0 Å². The van der Waals surface area contributed by atoms with Gasteiger partial charge in [-0.15, -0.1) is 0 Å². The molecule has 54 valence electrons. The van der Waals surface area contributed by atoms with E-state index >= 15 is 0 Å². The van der Waals surface area contributed by atoms with Gasteiger partial charge in [0, 0.05) is 0 Å². The highest BCUT2D eigenvalue weighted by molar-refractivity contribution is 6.47. The number of Topliss-reactive ketones (excluding diaryl/α,β-unsaturated/α-hetero) is 2. The number of carbonyl (C=O) groups is 2. The summed E-state index contributed by atoms with van der Waals surface area (Å²) in [4.78, 5) is 21.9. The molecule has 0 aliphatic heterocycles. The van der Waals surface area contributed by atoms with Crippen LogP contribution >= 0.6 is 0 Å². The lowest BCUT2D eigenvalue weighted by Gasteiger charge is -2.08. The van der Waals surface area contributed by atoms with Gasteiger partial charge in [0.15, 0.2) is 0 Å². The van der Waals surface area contributed by atoms with Crippen molar-refractivity contribution in [2.45, 2.75) is 20.8 Å². The highest BCUT2D eigenvalue weighted by Gasteiger charge is 2.37. The fraction of sp³-hybridized carbons (Fsp3) is 0.500. The Labute approximate surface area is 59.9 Å². The summed E-state index contributed by atoms with van der Waals surface area (Å²) in [7, 11) is 0. The maximum Gasteiger partial charge on any atom is 0.224 e. The Balaban J connectivity index is 3.10. The fourth-order valence-electron chi connectivity index (χ4n) is 1.14. The average Bonchev–Trinajstić information content (AvgIpc) is 1.95. The quantitative estimate of drug-likeness (QED) is 0.470. The van der Waals surface area contributed by atoms with Crippen LogP contribution in [0.25, 0.3) is 0 Å². The highest BCUT2D eigenvalue weighted by atomic mass is 16.2.